The number of carbonyl (C=O) groups is 1. The van der Waals surface area contributed by atoms with Gasteiger partial charge in [-0.1, -0.05) is 19.9 Å². The van der Waals surface area contributed by atoms with Crippen molar-refractivity contribution in [3.63, 3.8) is 0 Å². The Morgan fingerprint density at radius 1 is 1.33 bits per heavy atom. The minimum absolute atomic E-state index is 0. The van der Waals surface area contributed by atoms with Crippen LogP contribution in [0, 0.1) is 5.41 Å². The van der Waals surface area contributed by atoms with E-state index in [9.17, 15) is 4.79 Å². The van der Waals surface area contributed by atoms with Crippen LogP contribution >= 0.6 is 0 Å². The molecule has 1 aromatic heterocycles. The number of H-pyrrole nitrogens is 1. The monoisotopic (exact) mass is 380 g/mol. The number of primary amides is 1. The van der Waals surface area contributed by atoms with Gasteiger partial charge < -0.3 is 25.8 Å². The number of aromatic nitrogens is 1. The number of nitrogens with zero attached hydrogens (tertiary/aromatic N) is 1. The largest absolute Gasteiger partial charge is 0.444 e. The first kappa shape index (κ1) is 24.7. The topological polar surface area (TPSA) is 95.2 Å². The summed E-state index contributed by atoms with van der Waals surface area (Å²) in [4.78, 5) is 15.5. The Hall–Kier alpha value is -2.34. The molecule has 0 fully saturated rings. The zero-order valence-electron chi connectivity index (χ0n) is 17.8. The van der Waals surface area contributed by atoms with Crippen LogP contribution in [-0.2, 0) is 11.2 Å². The third kappa shape index (κ3) is 10.4. The first-order valence-corrected chi connectivity index (χ1v) is 9.36. The van der Waals surface area contributed by atoms with Gasteiger partial charge in [-0.2, -0.15) is 0 Å². The molecule has 0 unspecified atom stereocenters. The lowest BCUT2D eigenvalue weighted by Crippen LogP contribution is -2.27. The van der Waals surface area contributed by atoms with E-state index in [4.69, 9.17) is 11.1 Å². The summed E-state index contributed by atoms with van der Waals surface area (Å²) in [6.45, 7) is 10.4. The molecular formula is C21H40N4O2. The average Bonchev–Trinajstić information content (AvgIpc) is 2.97. The molecule has 4 N–H and O–H groups in total. The molecule has 2 aromatic rings. The van der Waals surface area contributed by atoms with Gasteiger partial charge in [-0.25, -0.2) is 4.79 Å². The molecule has 27 heavy (non-hydrogen) atoms. The Morgan fingerprint density at radius 2 is 1.96 bits per heavy atom. The van der Waals surface area contributed by atoms with E-state index in [1.807, 2.05) is 26.0 Å². The lowest BCUT2D eigenvalue weighted by Gasteiger charge is -2.16. The Balaban J connectivity index is -0.000000486. The molecule has 0 radical (unpaired) electrons. The maximum absolute atomic E-state index is 10.0. The predicted molar refractivity (Wildman–Crippen MR) is 119 cm³/mol. The van der Waals surface area contributed by atoms with Crippen molar-refractivity contribution < 1.29 is 12.4 Å². The normalized spacial score (nSPS) is 10.5. The van der Waals surface area contributed by atoms with E-state index in [0.717, 1.165) is 30.5 Å². The Labute approximate surface area is 166 Å². The van der Waals surface area contributed by atoms with Crippen LogP contribution in [0.4, 0.5) is 4.79 Å². The second-order valence-corrected chi connectivity index (χ2v) is 7.20. The standard InChI is InChI=1S/C14H19N3.C5H11NO2.C2H6.2H2/c1-17(2)7-3-4-12-10-16-14-6-5-11(9-15)8-13(12)14;1-5(2,3)8-4(6)7;1-2;;/h5-6,8-10,15-16H,3-4,7H2,1-2H3;1-3H3,(H2,6,7);1-2H3;2*1H. The molecule has 0 bridgehead atoms. The van der Waals surface area contributed by atoms with Crippen molar-refractivity contribution in [2.75, 3.05) is 20.6 Å². The van der Waals surface area contributed by atoms with Gasteiger partial charge in [0.05, 0.1) is 0 Å². The van der Waals surface area contributed by atoms with E-state index in [1.165, 1.54) is 17.2 Å². The fourth-order valence-electron chi connectivity index (χ4n) is 2.38. The van der Waals surface area contributed by atoms with Crippen LogP contribution in [-0.4, -0.2) is 48.4 Å². The van der Waals surface area contributed by atoms with Crippen molar-refractivity contribution in [3.05, 3.63) is 35.5 Å². The predicted octanol–water partition coefficient (Wildman–Crippen LogP) is 5.06. The SMILES string of the molecule is CC.CC(C)(C)OC(N)=O.CN(C)CCCc1c[nH]c2ccc(C=N)cc12.[HH].[HH]. The molecule has 0 saturated heterocycles. The Kier molecular flexibility index (Phi) is 11.1. The number of hydrogen-bond acceptors (Lipinski definition) is 4. The van der Waals surface area contributed by atoms with Crippen molar-refractivity contribution in [2.45, 2.75) is 53.1 Å². The third-order valence-electron chi connectivity index (χ3n) is 3.42. The van der Waals surface area contributed by atoms with Gasteiger partial charge in [-0.05, 0) is 77.5 Å². The molecule has 0 aliphatic heterocycles. The van der Waals surface area contributed by atoms with Crippen molar-refractivity contribution in [1.82, 2.24) is 9.88 Å². The zero-order chi connectivity index (χ0) is 21.0. The molecule has 156 valence electrons. The highest BCUT2D eigenvalue weighted by atomic mass is 16.6. The maximum atomic E-state index is 10.0. The molecule has 0 atom stereocenters. The van der Waals surface area contributed by atoms with Crippen LogP contribution in [0.3, 0.4) is 0 Å². The minimum Gasteiger partial charge on any atom is -0.444 e. The molecule has 1 heterocycles. The van der Waals surface area contributed by atoms with Crippen LogP contribution in [0.15, 0.2) is 24.4 Å². The molecule has 0 aliphatic carbocycles. The Bertz CT molecular complexity index is 710. The number of hydrogen-bond donors (Lipinski definition) is 3. The molecule has 0 spiro atoms. The van der Waals surface area contributed by atoms with Gasteiger partial charge in [0.1, 0.15) is 5.60 Å². The van der Waals surface area contributed by atoms with Crippen LogP contribution < -0.4 is 5.73 Å². The van der Waals surface area contributed by atoms with Crippen molar-refractivity contribution in [1.29, 1.82) is 5.41 Å². The number of nitrogens with one attached hydrogen (secondary N) is 2. The number of carbonyl (C=O) groups excluding carboxylic acids is 1. The molecule has 6 heteroatoms. The maximum Gasteiger partial charge on any atom is 0.405 e. The van der Waals surface area contributed by atoms with E-state index in [-0.39, 0.29) is 2.85 Å². The van der Waals surface area contributed by atoms with Crippen molar-refractivity contribution in [3.8, 4) is 0 Å². The van der Waals surface area contributed by atoms with Crippen LogP contribution in [0.1, 0.15) is 55.0 Å². The fraction of sp³-hybridized carbons (Fsp3) is 0.524. The first-order chi connectivity index (χ1) is 12.6. The van der Waals surface area contributed by atoms with Gasteiger partial charge in [-0.3, -0.25) is 0 Å². The molecule has 1 aromatic carbocycles. The van der Waals surface area contributed by atoms with E-state index in [1.54, 1.807) is 20.8 Å². The third-order valence-corrected chi connectivity index (χ3v) is 3.42. The highest BCUT2D eigenvalue weighted by Crippen LogP contribution is 2.20. The summed E-state index contributed by atoms with van der Waals surface area (Å²) in [5.41, 5.74) is 7.74. The summed E-state index contributed by atoms with van der Waals surface area (Å²) in [5, 5.41) is 8.55. The van der Waals surface area contributed by atoms with Crippen LogP contribution in [0.25, 0.3) is 10.9 Å². The second kappa shape index (κ2) is 12.1. The molecule has 0 saturated carbocycles. The second-order valence-electron chi connectivity index (χ2n) is 7.20. The van der Waals surface area contributed by atoms with Gasteiger partial charge in [0, 0.05) is 26.2 Å². The molecule has 0 aliphatic rings. The lowest BCUT2D eigenvalue weighted by atomic mass is 10.1. The van der Waals surface area contributed by atoms with Crippen LogP contribution in [0.2, 0.25) is 0 Å². The van der Waals surface area contributed by atoms with E-state index < -0.39 is 11.7 Å². The number of aromatic amines is 1. The summed E-state index contributed by atoms with van der Waals surface area (Å²) in [6, 6.07) is 6.10. The molecule has 1 amide bonds. The van der Waals surface area contributed by atoms with Gasteiger partial charge in [0.25, 0.3) is 0 Å². The van der Waals surface area contributed by atoms with Crippen molar-refractivity contribution >= 4 is 23.2 Å². The smallest absolute Gasteiger partial charge is 0.405 e. The highest BCUT2D eigenvalue weighted by molar-refractivity contribution is 5.90. The zero-order valence-corrected chi connectivity index (χ0v) is 17.8. The van der Waals surface area contributed by atoms with Gasteiger partial charge >= 0.3 is 6.09 Å². The first-order valence-electron chi connectivity index (χ1n) is 9.36. The minimum atomic E-state index is -0.725. The lowest BCUT2D eigenvalue weighted by molar-refractivity contribution is 0.0600. The van der Waals surface area contributed by atoms with E-state index in [2.05, 4.69) is 41.0 Å². The Morgan fingerprint density at radius 3 is 2.41 bits per heavy atom. The number of nitrogens with two attached hydrogens (primary N) is 1. The van der Waals surface area contributed by atoms with Gasteiger partial charge in [-0.15, -0.1) is 0 Å². The number of aryl methyl sites for hydroxylation is 1. The average molecular weight is 381 g/mol. The van der Waals surface area contributed by atoms with Crippen molar-refractivity contribution in [2.24, 2.45) is 5.73 Å². The highest BCUT2D eigenvalue weighted by Gasteiger charge is 2.12. The summed E-state index contributed by atoms with van der Waals surface area (Å²) < 4.78 is 4.58. The van der Waals surface area contributed by atoms with E-state index >= 15 is 0 Å². The number of amides is 1. The summed E-state index contributed by atoms with van der Waals surface area (Å²) >= 11 is 0. The number of benzene rings is 1. The number of ether oxygens (including phenoxy) is 1. The number of rotatable bonds is 5. The summed E-state index contributed by atoms with van der Waals surface area (Å²) in [6.07, 6.45) is 5.01. The van der Waals surface area contributed by atoms with Gasteiger partial charge in [0.15, 0.2) is 0 Å². The summed E-state index contributed by atoms with van der Waals surface area (Å²) in [7, 11) is 4.20. The quantitative estimate of drug-likeness (QED) is 0.633. The van der Waals surface area contributed by atoms with E-state index in [0.29, 0.717) is 0 Å². The van der Waals surface area contributed by atoms with Crippen LogP contribution in [0.5, 0.6) is 0 Å². The molecular weight excluding hydrogens is 340 g/mol. The fourth-order valence-corrected chi connectivity index (χ4v) is 2.38. The molecule has 2 rings (SSSR count). The van der Waals surface area contributed by atoms with Gasteiger partial charge in [0.2, 0.25) is 0 Å². The number of fused-ring (bicyclic) bond motifs is 1. The molecule has 6 nitrogen and oxygen atoms in total. The summed E-state index contributed by atoms with van der Waals surface area (Å²) in [5.74, 6) is 0.